The maximum Gasteiger partial charge on any atom is 0.202 e. The molecule has 3 heterocycles. The summed E-state index contributed by atoms with van der Waals surface area (Å²) >= 11 is 14.9. The number of hydrogen-bond acceptors (Lipinski definition) is 3. The van der Waals surface area contributed by atoms with E-state index in [1.165, 1.54) is 36.7 Å². The van der Waals surface area contributed by atoms with Gasteiger partial charge in [0.2, 0.25) is 5.36 Å². The first kappa shape index (κ1) is 19.4. The summed E-state index contributed by atoms with van der Waals surface area (Å²) in [5.74, 6) is 0. The lowest BCUT2D eigenvalue weighted by Gasteiger charge is -2.19. The van der Waals surface area contributed by atoms with Crippen LogP contribution in [0, 0.1) is 0 Å². The first-order chi connectivity index (χ1) is 12.7. The number of hydrogen-bond donors (Lipinski definition) is 0. The van der Waals surface area contributed by atoms with E-state index in [1.807, 2.05) is 12.1 Å². The van der Waals surface area contributed by atoms with Crippen molar-refractivity contribution in [1.29, 1.82) is 0 Å². The van der Waals surface area contributed by atoms with Crippen molar-refractivity contribution in [3.63, 3.8) is 0 Å². The Bertz CT molecular complexity index is 1040. The smallest absolute Gasteiger partial charge is 0.202 e. The van der Waals surface area contributed by atoms with Crippen LogP contribution in [0.15, 0.2) is 24.3 Å². The third-order valence-corrected chi connectivity index (χ3v) is 7.05. The molecule has 1 aromatic carbocycles. The van der Waals surface area contributed by atoms with Crippen molar-refractivity contribution in [3.05, 3.63) is 39.7 Å². The van der Waals surface area contributed by atoms with Crippen molar-refractivity contribution in [1.82, 2.24) is 9.56 Å². The van der Waals surface area contributed by atoms with Crippen LogP contribution in [0.2, 0.25) is 10.0 Å². The highest BCUT2D eigenvalue weighted by molar-refractivity contribution is 7.21. The van der Waals surface area contributed by atoms with Gasteiger partial charge >= 0.3 is 0 Å². The highest BCUT2D eigenvalue weighted by Crippen LogP contribution is 2.39. The van der Waals surface area contributed by atoms with Gasteiger partial charge in [-0.05, 0) is 25.0 Å². The molecule has 3 nitrogen and oxygen atoms in total. The summed E-state index contributed by atoms with van der Waals surface area (Å²) in [6.45, 7) is 4.44. The van der Waals surface area contributed by atoms with E-state index in [4.69, 9.17) is 28.2 Å². The molecule has 3 aliphatic heterocycles. The first-order valence-electron chi connectivity index (χ1n) is 9.25. The molecule has 5 rings (SSSR count). The molecule has 0 spiro atoms. The number of benzene rings is 2. The molecular formula is C20H20BrCl2N3S. The van der Waals surface area contributed by atoms with Crippen LogP contribution in [0.5, 0.6) is 0 Å². The van der Waals surface area contributed by atoms with Gasteiger partial charge in [0.15, 0.2) is 0 Å². The van der Waals surface area contributed by atoms with Crippen LogP contribution in [0.4, 0.5) is 5.69 Å². The largest absolute Gasteiger partial charge is 1.00 e. The van der Waals surface area contributed by atoms with Gasteiger partial charge in [0.1, 0.15) is 18.8 Å². The Balaban J connectivity index is 0.00000180. The van der Waals surface area contributed by atoms with Crippen LogP contribution >= 0.6 is 34.5 Å². The number of anilines is 1. The highest BCUT2D eigenvalue weighted by atomic mass is 79.9. The summed E-state index contributed by atoms with van der Waals surface area (Å²) < 4.78 is 3.54. The van der Waals surface area contributed by atoms with Gasteiger partial charge in [0.05, 0.1) is 25.1 Å². The molecule has 1 aromatic rings. The second-order valence-corrected chi connectivity index (χ2v) is 9.05. The molecule has 1 aliphatic carbocycles. The average Bonchev–Trinajstić information content (AvgIpc) is 3.34. The lowest BCUT2D eigenvalue weighted by molar-refractivity contribution is -0.00000490. The number of fused-ring (bicyclic) bond motifs is 2. The average molecular weight is 485 g/mol. The van der Waals surface area contributed by atoms with E-state index in [9.17, 15) is 0 Å². The summed E-state index contributed by atoms with van der Waals surface area (Å²) in [7, 11) is 0. The minimum Gasteiger partial charge on any atom is -1.00 e. The Hall–Kier alpha value is -0.880. The van der Waals surface area contributed by atoms with Gasteiger partial charge in [-0.15, -0.1) is 11.3 Å². The van der Waals surface area contributed by atoms with E-state index >= 15 is 0 Å². The van der Waals surface area contributed by atoms with Gasteiger partial charge in [0.25, 0.3) is 0 Å². The second kappa shape index (κ2) is 7.86. The van der Waals surface area contributed by atoms with Crippen molar-refractivity contribution < 1.29 is 17.0 Å². The van der Waals surface area contributed by atoms with Gasteiger partial charge in [-0.1, -0.05) is 23.2 Å². The summed E-state index contributed by atoms with van der Waals surface area (Å²) in [5.41, 5.74) is 2.91. The third kappa shape index (κ3) is 3.59. The molecule has 0 N–H and O–H groups in total. The van der Waals surface area contributed by atoms with E-state index in [2.05, 4.69) is 21.6 Å². The first-order valence-corrected chi connectivity index (χ1v) is 10.8. The van der Waals surface area contributed by atoms with Crippen LogP contribution in [0.3, 0.4) is 0 Å². The monoisotopic (exact) mass is 483 g/mol. The van der Waals surface area contributed by atoms with Crippen molar-refractivity contribution in [2.45, 2.75) is 25.7 Å². The van der Waals surface area contributed by atoms with Gasteiger partial charge in [0, 0.05) is 43.8 Å². The molecule has 27 heavy (non-hydrogen) atoms. The Kier molecular flexibility index (Phi) is 5.66. The molecule has 2 fully saturated rings. The van der Waals surface area contributed by atoms with Crippen molar-refractivity contribution in [2.24, 2.45) is 0 Å². The van der Waals surface area contributed by atoms with Crippen LogP contribution in [0.1, 0.15) is 25.7 Å². The van der Waals surface area contributed by atoms with E-state index in [-0.39, 0.29) is 17.0 Å². The molecule has 0 atom stereocenters. The molecule has 0 aromatic heterocycles. The Labute approximate surface area is 183 Å². The zero-order valence-corrected chi connectivity index (χ0v) is 18.8. The molecule has 0 bridgehead atoms. The topological polar surface area (TPSA) is 19.1 Å². The van der Waals surface area contributed by atoms with Gasteiger partial charge in [-0.3, -0.25) is 0 Å². The summed E-state index contributed by atoms with van der Waals surface area (Å²) in [4.78, 5) is 8.36. The lowest BCUT2D eigenvalue weighted by Crippen LogP contribution is -3.00. The number of nitrogens with zero attached hydrogens (tertiary/aromatic N) is 3. The van der Waals surface area contributed by atoms with Crippen molar-refractivity contribution >= 4 is 50.4 Å². The highest BCUT2D eigenvalue weighted by Gasteiger charge is 2.20. The molecule has 142 valence electrons. The van der Waals surface area contributed by atoms with E-state index in [0.717, 1.165) is 47.0 Å². The zero-order valence-electron chi connectivity index (χ0n) is 14.9. The number of aromatic nitrogens is 1. The molecule has 0 radical (unpaired) electrons. The number of rotatable bonds is 1. The van der Waals surface area contributed by atoms with E-state index in [1.54, 1.807) is 11.3 Å². The van der Waals surface area contributed by atoms with Crippen molar-refractivity contribution in [3.8, 4) is 10.6 Å². The Morgan fingerprint density at radius 1 is 0.926 bits per heavy atom. The van der Waals surface area contributed by atoms with Gasteiger partial charge in [-0.2, -0.15) is 0 Å². The fraction of sp³-hybridized carbons (Fsp3) is 0.400. The second-order valence-electron chi connectivity index (χ2n) is 7.15. The standard InChI is InChI=1S/C20H20Cl2N3S.BrH/c21-15-9-13(24-5-1-2-6-24)11-17-19(15)23-20-16(22)10-14(12-18(20)26-17)25-7-3-4-8-25;/h9-12H,1-8H2;1H/q+1;/p-1. The molecular weight excluding hydrogens is 465 g/mol. The van der Waals surface area contributed by atoms with Crippen LogP contribution in [-0.2, 0) is 0 Å². The fourth-order valence-electron chi connectivity index (χ4n) is 4.04. The lowest BCUT2D eigenvalue weighted by atomic mass is 10.2. The predicted octanol–water partition coefficient (Wildman–Crippen LogP) is 1.88. The fourth-order valence-corrected chi connectivity index (χ4v) is 5.76. The Morgan fingerprint density at radius 3 is 2.41 bits per heavy atom. The minimum absolute atomic E-state index is 0. The van der Waals surface area contributed by atoms with Crippen LogP contribution in [-0.4, -0.2) is 31.2 Å². The molecule has 7 heteroatoms. The zero-order chi connectivity index (χ0) is 17.7. The minimum atomic E-state index is 0. The predicted molar refractivity (Wildman–Crippen MR) is 112 cm³/mol. The maximum absolute atomic E-state index is 6.59. The third-order valence-electron chi connectivity index (χ3n) is 5.41. The molecule has 0 unspecified atom stereocenters. The quantitative estimate of drug-likeness (QED) is 0.388. The van der Waals surface area contributed by atoms with Crippen LogP contribution < -0.4 is 31.8 Å². The Morgan fingerprint density at radius 2 is 1.67 bits per heavy atom. The number of halogens is 3. The SMILES string of the molecule is Clc1cc(=[N+]2CCCC2)cc2sc3cc(N4CCCC4)cc(Cl)c3nc1-2.[Br-]. The van der Waals surface area contributed by atoms with E-state index in [0.29, 0.717) is 10.0 Å². The molecule has 4 aliphatic rings. The normalized spacial score (nSPS) is 17.1. The van der Waals surface area contributed by atoms with Crippen molar-refractivity contribution in [2.75, 3.05) is 31.1 Å². The molecule has 0 saturated carbocycles. The van der Waals surface area contributed by atoms with E-state index < -0.39 is 0 Å². The summed E-state index contributed by atoms with van der Waals surface area (Å²) in [5, 5.41) is 2.63. The summed E-state index contributed by atoms with van der Waals surface area (Å²) in [6, 6.07) is 8.57. The molecule has 2 saturated heterocycles. The molecule has 0 amide bonds. The van der Waals surface area contributed by atoms with Gasteiger partial charge < -0.3 is 21.9 Å². The maximum atomic E-state index is 6.59. The van der Waals surface area contributed by atoms with Crippen LogP contribution in [0.25, 0.3) is 20.8 Å². The van der Waals surface area contributed by atoms with Gasteiger partial charge in [-0.25, -0.2) is 9.56 Å². The summed E-state index contributed by atoms with van der Waals surface area (Å²) in [6.07, 6.45) is 5.02.